The summed E-state index contributed by atoms with van der Waals surface area (Å²) in [6.07, 6.45) is 4.71. The van der Waals surface area contributed by atoms with Gasteiger partial charge in [-0.25, -0.2) is 0 Å². The van der Waals surface area contributed by atoms with Crippen LogP contribution >= 0.6 is 0 Å². The van der Waals surface area contributed by atoms with Gasteiger partial charge in [-0.2, -0.15) is 0 Å². The Kier molecular flexibility index (Phi) is 3.29. The molecule has 1 aliphatic rings. The fourth-order valence-electron chi connectivity index (χ4n) is 2.41. The maximum atomic E-state index is 12.2. The zero-order chi connectivity index (χ0) is 11.5. The van der Waals surface area contributed by atoms with Crippen LogP contribution < -0.4 is 5.73 Å². The van der Waals surface area contributed by atoms with Crippen molar-refractivity contribution >= 4 is 5.91 Å². The summed E-state index contributed by atoms with van der Waals surface area (Å²) in [6.45, 7) is 2.60. The van der Waals surface area contributed by atoms with E-state index < -0.39 is 0 Å². The molecule has 16 heavy (non-hydrogen) atoms. The van der Waals surface area contributed by atoms with Crippen LogP contribution in [0.2, 0.25) is 0 Å². The molecule has 1 saturated heterocycles. The third kappa shape index (κ3) is 1.97. The van der Waals surface area contributed by atoms with E-state index in [0.717, 1.165) is 19.3 Å². The molecule has 88 valence electrons. The summed E-state index contributed by atoms with van der Waals surface area (Å²) < 4.78 is 5.16. The maximum Gasteiger partial charge on any atom is 0.290 e. The third-order valence-corrected chi connectivity index (χ3v) is 3.27. The summed E-state index contributed by atoms with van der Waals surface area (Å²) in [4.78, 5) is 14.1. The van der Waals surface area contributed by atoms with Crippen LogP contribution in [0.5, 0.6) is 0 Å². The zero-order valence-corrected chi connectivity index (χ0v) is 9.56. The highest BCUT2D eigenvalue weighted by Crippen LogP contribution is 2.24. The first-order valence-corrected chi connectivity index (χ1v) is 5.80. The van der Waals surface area contributed by atoms with E-state index >= 15 is 0 Å². The number of furan rings is 1. The molecule has 2 heterocycles. The van der Waals surface area contributed by atoms with E-state index in [0.29, 0.717) is 12.3 Å². The number of carbonyl (C=O) groups excluding carboxylic acids is 1. The van der Waals surface area contributed by atoms with Crippen LogP contribution in [0.3, 0.4) is 0 Å². The third-order valence-electron chi connectivity index (χ3n) is 3.27. The molecule has 0 bridgehead atoms. The average Bonchev–Trinajstić information content (AvgIpc) is 2.81. The second-order valence-corrected chi connectivity index (χ2v) is 4.36. The molecule has 2 atom stereocenters. The van der Waals surface area contributed by atoms with Crippen LogP contribution in [0.25, 0.3) is 0 Å². The minimum Gasteiger partial charge on any atom is -0.459 e. The van der Waals surface area contributed by atoms with Gasteiger partial charge in [0.1, 0.15) is 0 Å². The van der Waals surface area contributed by atoms with Crippen LogP contribution in [-0.4, -0.2) is 29.4 Å². The molecule has 0 radical (unpaired) electrons. The molecule has 4 heteroatoms. The lowest BCUT2D eigenvalue weighted by atomic mass is 9.96. The maximum absolute atomic E-state index is 12.2. The van der Waals surface area contributed by atoms with Crippen LogP contribution in [-0.2, 0) is 0 Å². The fraction of sp³-hybridized carbons (Fsp3) is 0.583. The lowest BCUT2D eigenvalue weighted by molar-refractivity contribution is 0.0462. The summed E-state index contributed by atoms with van der Waals surface area (Å²) in [5, 5.41) is 0. The highest BCUT2D eigenvalue weighted by atomic mass is 16.3. The van der Waals surface area contributed by atoms with Gasteiger partial charge in [-0.1, -0.05) is 0 Å². The van der Waals surface area contributed by atoms with Gasteiger partial charge in [0.2, 0.25) is 0 Å². The van der Waals surface area contributed by atoms with Crippen molar-refractivity contribution in [2.75, 3.05) is 6.54 Å². The Morgan fingerprint density at radius 2 is 2.44 bits per heavy atom. The van der Waals surface area contributed by atoms with Gasteiger partial charge in [0, 0.05) is 18.6 Å². The molecule has 1 fully saturated rings. The standard InChI is InChI=1S/C12H18N2O2/c1-9-4-2-5-10(8-13)14(9)12(15)11-6-3-7-16-11/h3,6-7,9-10H,2,4-5,8,13H2,1H3. The predicted molar refractivity (Wildman–Crippen MR) is 61.0 cm³/mol. The molecule has 2 unspecified atom stereocenters. The first kappa shape index (κ1) is 11.2. The van der Waals surface area contributed by atoms with E-state index in [4.69, 9.17) is 10.2 Å². The Labute approximate surface area is 95.4 Å². The Balaban J connectivity index is 2.19. The molecule has 1 aromatic rings. The Hall–Kier alpha value is -1.29. The number of hydrogen-bond acceptors (Lipinski definition) is 3. The van der Waals surface area contributed by atoms with Gasteiger partial charge in [-0.05, 0) is 38.3 Å². The minimum absolute atomic E-state index is 0.0346. The number of rotatable bonds is 2. The van der Waals surface area contributed by atoms with E-state index in [2.05, 4.69) is 6.92 Å². The Morgan fingerprint density at radius 1 is 1.62 bits per heavy atom. The van der Waals surface area contributed by atoms with Crippen LogP contribution in [0.1, 0.15) is 36.7 Å². The second kappa shape index (κ2) is 4.70. The molecule has 0 spiro atoms. The van der Waals surface area contributed by atoms with Crippen molar-refractivity contribution < 1.29 is 9.21 Å². The monoisotopic (exact) mass is 222 g/mol. The molecule has 0 saturated carbocycles. The number of carbonyl (C=O) groups is 1. The molecule has 1 aromatic heterocycles. The van der Waals surface area contributed by atoms with Gasteiger partial charge in [0.15, 0.2) is 5.76 Å². The zero-order valence-electron chi connectivity index (χ0n) is 9.56. The summed E-state index contributed by atoms with van der Waals surface area (Å²) >= 11 is 0. The molecule has 1 aliphatic heterocycles. The number of piperidine rings is 1. The largest absolute Gasteiger partial charge is 0.459 e. The number of nitrogens with two attached hydrogens (primary N) is 1. The lowest BCUT2D eigenvalue weighted by Gasteiger charge is -2.39. The normalized spacial score (nSPS) is 25.8. The van der Waals surface area contributed by atoms with Crippen molar-refractivity contribution in [3.63, 3.8) is 0 Å². The SMILES string of the molecule is CC1CCCC(CN)N1C(=O)c1ccco1. The van der Waals surface area contributed by atoms with Crippen molar-refractivity contribution in [1.29, 1.82) is 0 Å². The minimum atomic E-state index is -0.0346. The molecule has 0 aliphatic carbocycles. The van der Waals surface area contributed by atoms with Gasteiger partial charge in [-0.3, -0.25) is 4.79 Å². The number of hydrogen-bond donors (Lipinski definition) is 1. The van der Waals surface area contributed by atoms with Gasteiger partial charge < -0.3 is 15.1 Å². The summed E-state index contributed by atoms with van der Waals surface area (Å²) in [5.74, 6) is 0.375. The number of nitrogens with zero attached hydrogens (tertiary/aromatic N) is 1. The molecule has 4 nitrogen and oxygen atoms in total. The van der Waals surface area contributed by atoms with Gasteiger partial charge in [-0.15, -0.1) is 0 Å². The fourth-order valence-corrected chi connectivity index (χ4v) is 2.41. The van der Waals surface area contributed by atoms with Crippen LogP contribution in [0.15, 0.2) is 22.8 Å². The van der Waals surface area contributed by atoms with E-state index in [-0.39, 0.29) is 18.0 Å². The molecule has 2 rings (SSSR count). The van der Waals surface area contributed by atoms with Crippen molar-refractivity contribution in [2.45, 2.75) is 38.3 Å². The van der Waals surface area contributed by atoms with E-state index in [1.54, 1.807) is 12.1 Å². The van der Waals surface area contributed by atoms with Crippen molar-refractivity contribution in [2.24, 2.45) is 5.73 Å². The number of likely N-dealkylation sites (tertiary alicyclic amines) is 1. The summed E-state index contributed by atoms with van der Waals surface area (Å²) in [6, 6.07) is 3.84. The highest BCUT2D eigenvalue weighted by molar-refractivity contribution is 5.92. The molecular weight excluding hydrogens is 204 g/mol. The average molecular weight is 222 g/mol. The summed E-state index contributed by atoms with van der Waals surface area (Å²) in [7, 11) is 0. The topological polar surface area (TPSA) is 59.5 Å². The van der Waals surface area contributed by atoms with Gasteiger partial charge in [0.25, 0.3) is 5.91 Å². The predicted octanol–water partition coefficient (Wildman–Crippen LogP) is 1.62. The second-order valence-electron chi connectivity index (χ2n) is 4.36. The quantitative estimate of drug-likeness (QED) is 0.827. The lowest BCUT2D eigenvalue weighted by Crippen LogP contribution is -2.51. The molecular formula is C12H18N2O2. The van der Waals surface area contributed by atoms with Crippen LogP contribution in [0, 0.1) is 0 Å². The van der Waals surface area contributed by atoms with Crippen molar-refractivity contribution in [3.05, 3.63) is 24.2 Å². The Bertz CT molecular complexity index is 348. The molecule has 1 amide bonds. The number of amides is 1. The van der Waals surface area contributed by atoms with E-state index in [9.17, 15) is 4.79 Å². The molecule has 2 N–H and O–H groups in total. The molecule has 0 aromatic carbocycles. The summed E-state index contributed by atoms with van der Waals surface area (Å²) in [5.41, 5.74) is 5.72. The first-order valence-electron chi connectivity index (χ1n) is 5.80. The first-order chi connectivity index (χ1) is 7.74. The van der Waals surface area contributed by atoms with Gasteiger partial charge in [0.05, 0.1) is 6.26 Å². The van der Waals surface area contributed by atoms with Gasteiger partial charge >= 0.3 is 0 Å². The van der Waals surface area contributed by atoms with Crippen LogP contribution in [0.4, 0.5) is 0 Å². The Morgan fingerprint density at radius 3 is 3.06 bits per heavy atom. The smallest absolute Gasteiger partial charge is 0.290 e. The van der Waals surface area contributed by atoms with E-state index in [1.807, 2.05) is 4.90 Å². The van der Waals surface area contributed by atoms with Crippen molar-refractivity contribution in [3.8, 4) is 0 Å². The van der Waals surface area contributed by atoms with E-state index in [1.165, 1.54) is 6.26 Å². The van der Waals surface area contributed by atoms with Crippen molar-refractivity contribution in [1.82, 2.24) is 4.90 Å². The highest BCUT2D eigenvalue weighted by Gasteiger charge is 2.32.